The van der Waals surface area contributed by atoms with E-state index in [4.69, 9.17) is 16.3 Å². The number of carbonyl (C=O) groups is 2. The highest BCUT2D eigenvalue weighted by Gasteiger charge is 2.38. The van der Waals surface area contributed by atoms with Gasteiger partial charge in [0.15, 0.2) is 0 Å². The van der Waals surface area contributed by atoms with Gasteiger partial charge in [-0.25, -0.2) is 4.79 Å². The first-order chi connectivity index (χ1) is 16.2. The predicted molar refractivity (Wildman–Crippen MR) is 124 cm³/mol. The maximum absolute atomic E-state index is 13.0. The van der Waals surface area contributed by atoms with Crippen molar-refractivity contribution in [2.24, 2.45) is 0 Å². The molecular formula is C24H26ClF3N2O5. The van der Waals surface area contributed by atoms with Gasteiger partial charge in [0.25, 0.3) is 0 Å². The summed E-state index contributed by atoms with van der Waals surface area (Å²) < 4.78 is 47.8. The normalized spacial score (nSPS) is 18.7. The third kappa shape index (κ3) is 7.25. The van der Waals surface area contributed by atoms with Gasteiger partial charge in [0.1, 0.15) is 17.4 Å². The molecule has 0 radical (unpaired) electrons. The largest absolute Gasteiger partial charge is 0.573 e. The summed E-state index contributed by atoms with van der Waals surface area (Å²) in [7, 11) is 0. The van der Waals surface area contributed by atoms with Crippen LogP contribution in [0.3, 0.4) is 0 Å². The number of rotatable bonds is 4. The summed E-state index contributed by atoms with van der Waals surface area (Å²) in [6, 6.07) is 8.89. The highest BCUT2D eigenvalue weighted by atomic mass is 35.5. The summed E-state index contributed by atoms with van der Waals surface area (Å²) in [6.07, 6.45) is -5.97. The number of ether oxygens (including phenoxy) is 2. The Balaban J connectivity index is 1.80. The molecule has 0 bridgehead atoms. The van der Waals surface area contributed by atoms with Crippen molar-refractivity contribution in [1.29, 1.82) is 0 Å². The molecule has 2 atom stereocenters. The van der Waals surface area contributed by atoms with Gasteiger partial charge in [-0.2, -0.15) is 0 Å². The average Bonchev–Trinajstić information content (AvgIpc) is 2.72. The number of anilines is 1. The van der Waals surface area contributed by atoms with Gasteiger partial charge in [-0.1, -0.05) is 35.9 Å². The fourth-order valence-electron chi connectivity index (χ4n) is 3.67. The van der Waals surface area contributed by atoms with E-state index in [2.05, 4.69) is 10.1 Å². The molecule has 0 aromatic heterocycles. The van der Waals surface area contributed by atoms with Gasteiger partial charge < -0.3 is 19.9 Å². The van der Waals surface area contributed by atoms with Crippen LogP contribution in [0.4, 0.5) is 23.7 Å². The van der Waals surface area contributed by atoms with Crippen molar-refractivity contribution in [3.63, 3.8) is 0 Å². The predicted octanol–water partition coefficient (Wildman–Crippen LogP) is 5.60. The molecule has 7 nitrogen and oxygen atoms in total. The molecule has 2 N–H and O–H groups in total. The Morgan fingerprint density at radius 2 is 1.80 bits per heavy atom. The second-order valence-corrected chi connectivity index (χ2v) is 9.50. The van der Waals surface area contributed by atoms with Crippen molar-refractivity contribution in [3.8, 4) is 16.9 Å². The highest BCUT2D eigenvalue weighted by molar-refractivity contribution is 6.33. The molecule has 1 saturated heterocycles. The van der Waals surface area contributed by atoms with E-state index in [0.717, 1.165) is 0 Å². The van der Waals surface area contributed by atoms with E-state index < -0.39 is 41.9 Å². The minimum Gasteiger partial charge on any atom is -0.444 e. The van der Waals surface area contributed by atoms with Gasteiger partial charge >= 0.3 is 12.5 Å². The van der Waals surface area contributed by atoms with Crippen LogP contribution >= 0.6 is 11.6 Å². The van der Waals surface area contributed by atoms with E-state index in [1.807, 2.05) is 0 Å². The van der Waals surface area contributed by atoms with E-state index in [-0.39, 0.29) is 34.8 Å². The molecule has 3 rings (SSSR count). The number of nitrogens with one attached hydrogen (secondary N) is 1. The maximum Gasteiger partial charge on any atom is 0.573 e. The molecule has 2 aromatic rings. The number of likely N-dealkylation sites (tertiary alicyclic amines) is 1. The zero-order valence-electron chi connectivity index (χ0n) is 19.4. The Hall–Kier alpha value is -2.98. The molecule has 190 valence electrons. The van der Waals surface area contributed by atoms with Gasteiger partial charge in [0.2, 0.25) is 5.91 Å². The molecule has 2 aromatic carbocycles. The first kappa shape index (κ1) is 26.6. The first-order valence-electron chi connectivity index (χ1n) is 10.9. The molecule has 0 aliphatic carbocycles. The fourth-order valence-corrected chi connectivity index (χ4v) is 3.96. The van der Waals surface area contributed by atoms with Crippen molar-refractivity contribution in [2.75, 3.05) is 11.9 Å². The summed E-state index contributed by atoms with van der Waals surface area (Å²) in [6.45, 7) is 5.27. The Labute approximate surface area is 205 Å². The number of amides is 2. The zero-order chi connectivity index (χ0) is 26.0. The van der Waals surface area contributed by atoms with Crippen LogP contribution in [-0.2, 0) is 9.53 Å². The molecule has 11 heteroatoms. The second-order valence-electron chi connectivity index (χ2n) is 9.10. The molecule has 1 aliphatic heterocycles. The summed E-state index contributed by atoms with van der Waals surface area (Å²) in [5.74, 6) is -0.970. The van der Waals surface area contributed by atoms with Gasteiger partial charge in [0.05, 0.1) is 11.1 Å². The van der Waals surface area contributed by atoms with Gasteiger partial charge in [-0.05, 0) is 45.4 Å². The van der Waals surface area contributed by atoms with Crippen LogP contribution in [0.2, 0.25) is 5.02 Å². The van der Waals surface area contributed by atoms with E-state index in [1.165, 1.54) is 41.3 Å². The Kier molecular flexibility index (Phi) is 7.86. The van der Waals surface area contributed by atoms with Crippen LogP contribution in [0, 0.1) is 0 Å². The summed E-state index contributed by atoms with van der Waals surface area (Å²) >= 11 is 6.34. The lowest BCUT2D eigenvalue weighted by molar-refractivity contribution is -0.274. The standard InChI is InChI=1S/C24H26ClF3N2O5/c1-23(2,3)35-22(33)30-11-10-15(31)13-19(30)21(32)29-14-8-9-16(18(25)12-14)17-6-4-5-7-20(17)34-24(26,27)28/h4-9,12,15,19,31H,10-11,13H2,1-3H3,(H,29,32)/t15-,19+/m0/s1. The first-order valence-corrected chi connectivity index (χ1v) is 11.2. The van der Waals surface area contributed by atoms with E-state index in [9.17, 15) is 27.9 Å². The smallest absolute Gasteiger partial charge is 0.444 e. The van der Waals surface area contributed by atoms with Gasteiger partial charge in [0, 0.05) is 29.8 Å². The van der Waals surface area contributed by atoms with Crippen molar-refractivity contribution >= 4 is 29.3 Å². The molecule has 1 fully saturated rings. The SMILES string of the molecule is CC(C)(C)OC(=O)N1CC[C@H](O)C[C@@H]1C(=O)Nc1ccc(-c2ccccc2OC(F)(F)F)c(Cl)c1. The molecule has 0 spiro atoms. The lowest BCUT2D eigenvalue weighted by Crippen LogP contribution is -2.54. The fraction of sp³-hybridized carbons (Fsp3) is 0.417. The number of alkyl halides is 3. The number of para-hydroxylation sites is 1. The van der Waals surface area contributed by atoms with Crippen molar-refractivity contribution < 1.29 is 37.3 Å². The van der Waals surface area contributed by atoms with Crippen LogP contribution in [0.1, 0.15) is 33.6 Å². The molecule has 1 heterocycles. The molecule has 2 amide bonds. The summed E-state index contributed by atoms with van der Waals surface area (Å²) in [5.41, 5.74) is -0.0988. The third-order valence-corrected chi connectivity index (χ3v) is 5.46. The van der Waals surface area contributed by atoms with Crippen molar-refractivity contribution in [1.82, 2.24) is 4.90 Å². The number of carbonyl (C=O) groups excluding carboxylic acids is 2. The number of aliphatic hydroxyl groups excluding tert-OH is 1. The number of halogens is 4. The third-order valence-electron chi connectivity index (χ3n) is 5.14. The maximum atomic E-state index is 13.0. The van der Waals surface area contributed by atoms with Crippen molar-refractivity contribution in [3.05, 3.63) is 47.5 Å². The van der Waals surface area contributed by atoms with Crippen molar-refractivity contribution in [2.45, 2.75) is 57.7 Å². The average molecular weight is 515 g/mol. The Bertz CT molecular complexity index is 1090. The summed E-state index contributed by atoms with van der Waals surface area (Å²) in [5, 5.41) is 12.8. The lowest BCUT2D eigenvalue weighted by Gasteiger charge is -2.37. The van der Waals surface area contributed by atoms with E-state index in [1.54, 1.807) is 26.8 Å². The van der Waals surface area contributed by atoms with Crippen LogP contribution in [0.15, 0.2) is 42.5 Å². The number of aliphatic hydroxyl groups is 1. The van der Waals surface area contributed by atoms with Crippen LogP contribution < -0.4 is 10.1 Å². The highest BCUT2D eigenvalue weighted by Crippen LogP contribution is 2.38. The minimum atomic E-state index is -4.87. The molecule has 0 saturated carbocycles. The van der Waals surface area contributed by atoms with Crippen LogP contribution in [0.25, 0.3) is 11.1 Å². The Morgan fingerprint density at radius 3 is 2.43 bits per heavy atom. The van der Waals surface area contributed by atoms with Gasteiger partial charge in [-0.15, -0.1) is 13.2 Å². The molecule has 1 aliphatic rings. The second kappa shape index (κ2) is 10.3. The van der Waals surface area contributed by atoms with Crippen LogP contribution in [0.5, 0.6) is 5.75 Å². The topological polar surface area (TPSA) is 88.1 Å². The number of benzene rings is 2. The summed E-state index contributed by atoms with van der Waals surface area (Å²) in [4.78, 5) is 26.9. The minimum absolute atomic E-state index is 0.0268. The molecular weight excluding hydrogens is 489 g/mol. The number of hydrogen-bond acceptors (Lipinski definition) is 5. The molecule has 0 unspecified atom stereocenters. The van der Waals surface area contributed by atoms with Gasteiger partial charge in [-0.3, -0.25) is 9.69 Å². The molecule has 35 heavy (non-hydrogen) atoms. The lowest BCUT2D eigenvalue weighted by atomic mass is 9.99. The number of piperidine rings is 1. The monoisotopic (exact) mass is 514 g/mol. The number of hydrogen-bond donors (Lipinski definition) is 2. The van der Waals surface area contributed by atoms with E-state index >= 15 is 0 Å². The number of nitrogens with zero attached hydrogens (tertiary/aromatic N) is 1. The quantitative estimate of drug-likeness (QED) is 0.554. The Morgan fingerprint density at radius 1 is 1.11 bits per heavy atom. The zero-order valence-corrected chi connectivity index (χ0v) is 20.1. The van der Waals surface area contributed by atoms with Crippen LogP contribution in [-0.4, -0.2) is 52.7 Å². The van der Waals surface area contributed by atoms with E-state index in [0.29, 0.717) is 6.42 Å².